The van der Waals surface area contributed by atoms with E-state index in [1.807, 2.05) is 30.3 Å². The highest BCUT2D eigenvalue weighted by Crippen LogP contribution is 2.24. The summed E-state index contributed by atoms with van der Waals surface area (Å²) in [6.45, 7) is 0. The molecule has 1 aromatic carbocycles. The summed E-state index contributed by atoms with van der Waals surface area (Å²) in [5.41, 5.74) is 5.79. The molecule has 0 aliphatic heterocycles. The van der Waals surface area contributed by atoms with E-state index in [0.717, 1.165) is 12.8 Å². The number of carbonyl (C=O) groups is 1. The summed E-state index contributed by atoms with van der Waals surface area (Å²) in [6, 6.07) is 12.6. The predicted molar refractivity (Wildman–Crippen MR) is 73.7 cm³/mol. The van der Waals surface area contributed by atoms with Crippen molar-refractivity contribution in [3.63, 3.8) is 0 Å². The van der Waals surface area contributed by atoms with Crippen LogP contribution >= 0.6 is 0 Å². The molecule has 1 amide bonds. The fraction of sp³-hybridized carbons (Fsp3) is 0.267. The second kappa shape index (κ2) is 5.38. The molecule has 3 rings (SSSR count). The van der Waals surface area contributed by atoms with Crippen molar-refractivity contribution in [2.24, 2.45) is 5.73 Å². The number of ether oxygens (including phenoxy) is 1. The lowest BCUT2D eigenvalue weighted by molar-refractivity contribution is 0.0872. The molecule has 1 saturated carbocycles. The van der Waals surface area contributed by atoms with Crippen LogP contribution in [0.4, 0.5) is 0 Å². The molecule has 0 unspecified atom stereocenters. The summed E-state index contributed by atoms with van der Waals surface area (Å²) < 4.78 is 10.9. The maximum Gasteiger partial charge on any atom is 0.290 e. The maximum atomic E-state index is 11.9. The van der Waals surface area contributed by atoms with Gasteiger partial charge in [0.25, 0.3) is 11.9 Å². The van der Waals surface area contributed by atoms with E-state index >= 15 is 0 Å². The lowest BCUT2D eigenvalue weighted by Gasteiger charge is -2.33. The van der Waals surface area contributed by atoms with Crippen LogP contribution < -0.4 is 15.8 Å². The average Bonchev–Trinajstić information content (AvgIpc) is 2.92. The summed E-state index contributed by atoms with van der Waals surface area (Å²) >= 11 is 0. The van der Waals surface area contributed by atoms with E-state index in [2.05, 4.69) is 5.32 Å². The zero-order valence-electron chi connectivity index (χ0n) is 10.9. The Balaban J connectivity index is 1.63. The van der Waals surface area contributed by atoms with Crippen LogP contribution in [0.1, 0.15) is 23.4 Å². The van der Waals surface area contributed by atoms with E-state index in [9.17, 15) is 4.79 Å². The molecule has 0 saturated heterocycles. The normalized spacial score (nSPS) is 21.1. The first-order chi connectivity index (χ1) is 9.72. The highest BCUT2D eigenvalue weighted by atomic mass is 16.6. The number of carbonyl (C=O) groups excluding carboxylic acids is 1. The number of hydrogen-bond acceptors (Lipinski definition) is 4. The lowest BCUT2D eigenvalue weighted by Crippen LogP contribution is -2.54. The maximum absolute atomic E-state index is 11.9. The monoisotopic (exact) mass is 272 g/mol. The first-order valence-corrected chi connectivity index (χ1v) is 6.61. The number of para-hydroxylation sites is 1. The number of benzene rings is 1. The van der Waals surface area contributed by atoms with Gasteiger partial charge in [0.05, 0.1) is 0 Å². The van der Waals surface area contributed by atoms with E-state index in [4.69, 9.17) is 14.9 Å². The average molecular weight is 272 g/mol. The van der Waals surface area contributed by atoms with Gasteiger partial charge >= 0.3 is 0 Å². The van der Waals surface area contributed by atoms with Gasteiger partial charge in [-0.2, -0.15) is 0 Å². The largest absolute Gasteiger partial charge is 0.426 e. The minimum absolute atomic E-state index is 0.0473. The fourth-order valence-electron chi connectivity index (χ4n) is 2.05. The summed E-state index contributed by atoms with van der Waals surface area (Å²) in [7, 11) is 0. The van der Waals surface area contributed by atoms with E-state index in [0.29, 0.717) is 11.7 Å². The van der Waals surface area contributed by atoms with Crippen molar-refractivity contribution >= 4 is 5.91 Å². The molecule has 0 spiro atoms. The van der Waals surface area contributed by atoms with E-state index in [1.54, 1.807) is 12.1 Å². The van der Waals surface area contributed by atoms with Crippen LogP contribution in [0.3, 0.4) is 0 Å². The molecular formula is C15H16N2O3. The van der Waals surface area contributed by atoms with Crippen LogP contribution in [-0.2, 0) is 0 Å². The Bertz CT molecular complexity index is 594. The Kier molecular flexibility index (Phi) is 3.43. The molecule has 1 aliphatic rings. The van der Waals surface area contributed by atoms with E-state index in [-0.39, 0.29) is 23.8 Å². The summed E-state index contributed by atoms with van der Waals surface area (Å²) in [5.74, 6) is 0.928. The van der Waals surface area contributed by atoms with Crippen molar-refractivity contribution in [1.29, 1.82) is 0 Å². The van der Waals surface area contributed by atoms with Crippen molar-refractivity contribution in [3.05, 3.63) is 48.2 Å². The zero-order valence-corrected chi connectivity index (χ0v) is 10.9. The number of rotatable bonds is 4. The quantitative estimate of drug-likeness (QED) is 0.895. The van der Waals surface area contributed by atoms with Crippen molar-refractivity contribution in [3.8, 4) is 11.7 Å². The number of nitrogens with one attached hydrogen (secondary N) is 1. The van der Waals surface area contributed by atoms with Crippen LogP contribution in [0.15, 0.2) is 46.9 Å². The number of nitrogens with two attached hydrogens (primary N) is 1. The molecule has 3 N–H and O–H groups in total. The van der Waals surface area contributed by atoms with Gasteiger partial charge in [-0.15, -0.1) is 0 Å². The van der Waals surface area contributed by atoms with Gasteiger partial charge in [0, 0.05) is 18.2 Å². The molecule has 2 atom stereocenters. The van der Waals surface area contributed by atoms with Gasteiger partial charge in [0.2, 0.25) is 0 Å². The molecule has 1 aromatic heterocycles. The fourth-order valence-corrected chi connectivity index (χ4v) is 2.05. The van der Waals surface area contributed by atoms with Crippen LogP contribution in [0.2, 0.25) is 0 Å². The van der Waals surface area contributed by atoms with Crippen molar-refractivity contribution < 1.29 is 13.9 Å². The highest BCUT2D eigenvalue weighted by molar-refractivity contribution is 5.91. The first kappa shape index (κ1) is 12.7. The number of furan rings is 1. The molecular weight excluding hydrogens is 256 g/mol. The molecule has 1 heterocycles. The molecule has 1 fully saturated rings. The standard InChI is InChI=1S/C15H16N2O3/c16-11-6-7-12(11)17-15(18)13-8-9-14(20-13)19-10-4-2-1-3-5-10/h1-5,8-9,11-12H,6-7,16H2,(H,17,18)/t11-,12+/m1/s1. The van der Waals surface area contributed by atoms with Gasteiger partial charge < -0.3 is 20.2 Å². The van der Waals surface area contributed by atoms with E-state index in [1.165, 1.54) is 0 Å². The molecule has 5 heteroatoms. The Morgan fingerprint density at radius 3 is 2.65 bits per heavy atom. The van der Waals surface area contributed by atoms with Gasteiger partial charge in [-0.1, -0.05) is 18.2 Å². The minimum atomic E-state index is -0.256. The van der Waals surface area contributed by atoms with E-state index < -0.39 is 0 Å². The minimum Gasteiger partial charge on any atom is -0.426 e. The molecule has 20 heavy (non-hydrogen) atoms. The SMILES string of the molecule is N[C@@H]1CC[C@@H]1NC(=O)c1ccc(Oc2ccccc2)o1. The lowest BCUT2D eigenvalue weighted by atomic mass is 9.87. The number of amides is 1. The van der Waals surface area contributed by atoms with Crippen LogP contribution in [-0.4, -0.2) is 18.0 Å². The Labute approximate surface area is 116 Å². The van der Waals surface area contributed by atoms with Crippen LogP contribution in [0.25, 0.3) is 0 Å². The zero-order chi connectivity index (χ0) is 13.9. The van der Waals surface area contributed by atoms with Crippen LogP contribution in [0, 0.1) is 0 Å². The smallest absolute Gasteiger partial charge is 0.290 e. The second-order valence-electron chi connectivity index (χ2n) is 4.85. The molecule has 2 aromatic rings. The summed E-state index contributed by atoms with van der Waals surface area (Å²) in [6.07, 6.45) is 1.87. The third-order valence-corrected chi connectivity index (χ3v) is 3.41. The van der Waals surface area contributed by atoms with Gasteiger partial charge in [-0.05, 0) is 31.0 Å². The molecule has 0 bridgehead atoms. The van der Waals surface area contributed by atoms with Gasteiger partial charge in [0.1, 0.15) is 5.75 Å². The molecule has 104 valence electrons. The Morgan fingerprint density at radius 1 is 1.20 bits per heavy atom. The topological polar surface area (TPSA) is 77.5 Å². The summed E-state index contributed by atoms with van der Waals surface area (Å²) in [4.78, 5) is 11.9. The Hall–Kier alpha value is -2.27. The third-order valence-electron chi connectivity index (χ3n) is 3.41. The van der Waals surface area contributed by atoms with Crippen molar-refractivity contribution in [2.75, 3.05) is 0 Å². The van der Waals surface area contributed by atoms with Gasteiger partial charge in [-0.25, -0.2) is 0 Å². The molecule has 0 radical (unpaired) electrons. The Morgan fingerprint density at radius 2 is 2.00 bits per heavy atom. The van der Waals surface area contributed by atoms with Crippen molar-refractivity contribution in [1.82, 2.24) is 5.32 Å². The second-order valence-corrected chi connectivity index (χ2v) is 4.85. The predicted octanol–water partition coefficient (Wildman–Crippen LogP) is 2.29. The summed E-state index contributed by atoms with van der Waals surface area (Å²) in [5, 5.41) is 2.85. The molecule has 5 nitrogen and oxygen atoms in total. The third kappa shape index (κ3) is 2.67. The van der Waals surface area contributed by atoms with Crippen LogP contribution in [0.5, 0.6) is 11.7 Å². The first-order valence-electron chi connectivity index (χ1n) is 6.61. The number of hydrogen-bond donors (Lipinski definition) is 2. The molecule has 1 aliphatic carbocycles. The van der Waals surface area contributed by atoms with Crippen molar-refractivity contribution in [2.45, 2.75) is 24.9 Å². The highest BCUT2D eigenvalue weighted by Gasteiger charge is 2.29. The van der Waals surface area contributed by atoms with Gasteiger partial charge in [0.15, 0.2) is 5.76 Å². The van der Waals surface area contributed by atoms with Gasteiger partial charge in [-0.3, -0.25) is 4.79 Å².